The maximum absolute atomic E-state index is 13.4. The van der Waals surface area contributed by atoms with Gasteiger partial charge in [-0.3, -0.25) is 13.9 Å². The Labute approximate surface area is 194 Å². The Morgan fingerprint density at radius 2 is 1.70 bits per heavy atom. The number of hydrogen-bond donors (Lipinski definition) is 1. The van der Waals surface area contributed by atoms with Crippen molar-refractivity contribution in [3.8, 4) is 11.5 Å². The van der Waals surface area contributed by atoms with Crippen LogP contribution in [0.15, 0.2) is 42.5 Å². The van der Waals surface area contributed by atoms with E-state index in [2.05, 4.69) is 5.32 Å². The van der Waals surface area contributed by atoms with Gasteiger partial charge in [-0.05, 0) is 31.5 Å². The Bertz CT molecular complexity index is 1120. The Kier molecular flexibility index (Phi) is 7.47. The van der Waals surface area contributed by atoms with E-state index in [1.807, 2.05) is 31.2 Å². The van der Waals surface area contributed by atoms with Gasteiger partial charge in [0.15, 0.2) is 11.5 Å². The number of carbonyl (C=O) groups excluding carboxylic acids is 2. The highest BCUT2D eigenvalue weighted by Gasteiger charge is 2.30. The molecule has 2 amide bonds. The first kappa shape index (κ1) is 24.4. The lowest BCUT2D eigenvalue weighted by Gasteiger charge is -2.31. The fraction of sp³-hybridized carbons (Fsp3) is 0.391. The number of anilines is 1. The second kappa shape index (κ2) is 10.1. The first-order valence-electron chi connectivity index (χ1n) is 10.5. The number of sulfonamides is 1. The number of benzene rings is 2. The minimum atomic E-state index is -3.81. The molecule has 178 valence electrons. The van der Waals surface area contributed by atoms with E-state index < -0.39 is 28.5 Å². The lowest BCUT2D eigenvalue weighted by Crippen LogP contribution is -2.50. The molecule has 9 nitrogen and oxygen atoms in total. The fourth-order valence-electron chi connectivity index (χ4n) is 3.48. The average Bonchev–Trinajstić information content (AvgIpc) is 2.80. The van der Waals surface area contributed by atoms with E-state index in [4.69, 9.17) is 9.47 Å². The summed E-state index contributed by atoms with van der Waals surface area (Å²) >= 11 is 0. The summed E-state index contributed by atoms with van der Waals surface area (Å²) < 4.78 is 37.3. The van der Waals surface area contributed by atoms with Crippen LogP contribution in [0.5, 0.6) is 11.5 Å². The minimum absolute atomic E-state index is 0.159. The maximum atomic E-state index is 13.4. The van der Waals surface area contributed by atoms with Crippen LogP contribution < -0.4 is 19.1 Å². The van der Waals surface area contributed by atoms with Crippen LogP contribution >= 0.6 is 0 Å². The van der Waals surface area contributed by atoms with Crippen LogP contribution in [0.2, 0.25) is 0 Å². The highest BCUT2D eigenvalue weighted by Crippen LogP contribution is 2.34. The van der Waals surface area contributed by atoms with Gasteiger partial charge in [0.05, 0.1) is 11.9 Å². The number of amides is 2. The average molecular weight is 476 g/mol. The van der Waals surface area contributed by atoms with Gasteiger partial charge in [-0.25, -0.2) is 8.42 Å². The standard InChI is InChI=1S/C23H29N3O6S/c1-16-5-7-18(8-6-16)14-25(17(2)23(28)24-3)22(27)15-26(33(4,29)30)19-9-10-20-21(13-19)32-12-11-31-20/h5-10,13,17H,11-12,14-15H2,1-4H3,(H,24,28). The largest absolute Gasteiger partial charge is 0.486 e. The number of carbonyl (C=O) groups is 2. The van der Waals surface area contributed by atoms with E-state index in [0.717, 1.165) is 21.7 Å². The molecule has 0 saturated heterocycles. The van der Waals surface area contributed by atoms with Crippen LogP contribution in [0, 0.1) is 6.92 Å². The molecule has 0 aliphatic carbocycles. The number of likely N-dealkylation sites (N-methyl/N-ethyl adjacent to an activating group) is 1. The lowest BCUT2D eigenvalue weighted by atomic mass is 10.1. The Hall–Kier alpha value is -3.27. The summed E-state index contributed by atoms with van der Waals surface area (Å²) in [7, 11) is -2.32. The van der Waals surface area contributed by atoms with Gasteiger partial charge in [0.2, 0.25) is 21.8 Å². The maximum Gasteiger partial charge on any atom is 0.244 e. The smallest absolute Gasteiger partial charge is 0.244 e. The number of hydrogen-bond acceptors (Lipinski definition) is 6. The molecule has 1 unspecified atom stereocenters. The number of fused-ring (bicyclic) bond motifs is 1. The number of aryl methyl sites for hydroxylation is 1. The van der Waals surface area contributed by atoms with Gasteiger partial charge < -0.3 is 19.7 Å². The van der Waals surface area contributed by atoms with Crippen LogP contribution in [0.25, 0.3) is 0 Å². The lowest BCUT2D eigenvalue weighted by molar-refractivity contribution is -0.139. The molecule has 1 N–H and O–H groups in total. The quantitative estimate of drug-likeness (QED) is 0.623. The van der Waals surface area contributed by atoms with Crippen molar-refractivity contribution in [2.24, 2.45) is 0 Å². The summed E-state index contributed by atoms with van der Waals surface area (Å²) in [6.07, 6.45) is 1.03. The zero-order valence-corrected chi connectivity index (χ0v) is 20.0. The van der Waals surface area contributed by atoms with Crippen molar-refractivity contribution in [1.29, 1.82) is 0 Å². The minimum Gasteiger partial charge on any atom is -0.486 e. The van der Waals surface area contributed by atoms with E-state index in [1.54, 1.807) is 19.1 Å². The van der Waals surface area contributed by atoms with Gasteiger partial charge in [-0.2, -0.15) is 0 Å². The first-order chi connectivity index (χ1) is 15.6. The molecule has 1 atom stereocenters. The topological polar surface area (TPSA) is 105 Å². The van der Waals surface area contributed by atoms with Crippen LogP contribution in [0.1, 0.15) is 18.1 Å². The normalized spacial score (nSPS) is 13.7. The zero-order valence-electron chi connectivity index (χ0n) is 19.2. The number of nitrogens with zero attached hydrogens (tertiary/aromatic N) is 2. The van der Waals surface area contributed by atoms with Crippen LogP contribution in [0.3, 0.4) is 0 Å². The van der Waals surface area contributed by atoms with Crippen molar-refractivity contribution in [3.63, 3.8) is 0 Å². The second-order valence-corrected chi connectivity index (χ2v) is 9.80. The highest BCUT2D eigenvalue weighted by atomic mass is 32.2. The van der Waals surface area contributed by atoms with Crippen molar-refractivity contribution in [3.05, 3.63) is 53.6 Å². The van der Waals surface area contributed by atoms with E-state index in [-0.39, 0.29) is 18.1 Å². The number of nitrogens with one attached hydrogen (secondary N) is 1. The molecule has 1 heterocycles. The molecule has 0 radical (unpaired) electrons. The summed E-state index contributed by atoms with van der Waals surface area (Å²) in [4.78, 5) is 27.1. The van der Waals surface area contributed by atoms with E-state index in [1.165, 1.54) is 18.0 Å². The van der Waals surface area contributed by atoms with E-state index >= 15 is 0 Å². The number of rotatable bonds is 8. The van der Waals surface area contributed by atoms with Crippen molar-refractivity contribution >= 4 is 27.5 Å². The SMILES string of the molecule is CNC(=O)C(C)N(Cc1ccc(C)cc1)C(=O)CN(c1ccc2c(c1)OCCO2)S(C)(=O)=O. The Morgan fingerprint density at radius 1 is 1.06 bits per heavy atom. The van der Waals surface area contributed by atoms with Crippen LogP contribution in [0.4, 0.5) is 5.69 Å². The predicted octanol–water partition coefficient (Wildman–Crippen LogP) is 1.70. The van der Waals surface area contributed by atoms with Gasteiger partial charge in [-0.15, -0.1) is 0 Å². The van der Waals surface area contributed by atoms with Crippen molar-refractivity contribution < 1.29 is 27.5 Å². The molecule has 33 heavy (non-hydrogen) atoms. The summed E-state index contributed by atoms with van der Waals surface area (Å²) in [5, 5.41) is 2.55. The van der Waals surface area contributed by atoms with Crippen LogP contribution in [-0.4, -0.2) is 64.2 Å². The fourth-order valence-corrected chi connectivity index (χ4v) is 4.32. The van der Waals surface area contributed by atoms with Gasteiger partial charge in [-0.1, -0.05) is 29.8 Å². The summed E-state index contributed by atoms with van der Waals surface area (Å²) in [6, 6.07) is 11.5. The van der Waals surface area contributed by atoms with Crippen molar-refractivity contribution in [2.75, 3.05) is 37.4 Å². The molecule has 1 aliphatic rings. The molecular formula is C23H29N3O6S. The Balaban J connectivity index is 1.91. The molecule has 2 aromatic carbocycles. The molecule has 0 aromatic heterocycles. The van der Waals surface area contributed by atoms with Crippen LogP contribution in [-0.2, 0) is 26.2 Å². The molecule has 0 fully saturated rings. The van der Waals surface area contributed by atoms with Gasteiger partial charge in [0.25, 0.3) is 0 Å². The van der Waals surface area contributed by atoms with Gasteiger partial charge >= 0.3 is 0 Å². The number of ether oxygens (including phenoxy) is 2. The third kappa shape index (κ3) is 5.95. The molecule has 1 aliphatic heterocycles. The molecule has 3 rings (SSSR count). The summed E-state index contributed by atoms with van der Waals surface area (Å²) in [5.41, 5.74) is 2.17. The predicted molar refractivity (Wildman–Crippen MR) is 125 cm³/mol. The van der Waals surface area contributed by atoms with Crippen molar-refractivity contribution in [1.82, 2.24) is 10.2 Å². The van der Waals surface area contributed by atoms with E-state index in [0.29, 0.717) is 24.7 Å². The third-order valence-corrected chi connectivity index (χ3v) is 6.52. The first-order valence-corrected chi connectivity index (χ1v) is 12.4. The molecule has 10 heteroatoms. The zero-order chi connectivity index (χ0) is 24.2. The molecular weight excluding hydrogens is 446 g/mol. The highest BCUT2D eigenvalue weighted by molar-refractivity contribution is 7.92. The summed E-state index contributed by atoms with van der Waals surface area (Å²) in [5.74, 6) is 0.0711. The van der Waals surface area contributed by atoms with Gasteiger partial charge in [0.1, 0.15) is 25.8 Å². The monoisotopic (exact) mass is 475 g/mol. The molecule has 0 bridgehead atoms. The van der Waals surface area contributed by atoms with E-state index in [9.17, 15) is 18.0 Å². The molecule has 2 aromatic rings. The molecule has 0 saturated carbocycles. The van der Waals surface area contributed by atoms with Crippen molar-refractivity contribution in [2.45, 2.75) is 26.4 Å². The molecule has 0 spiro atoms. The summed E-state index contributed by atoms with van der Waals surface area (Å²) in [6.45, 7) is 4.02. The Morgan fingerprint density at radius 3 is 2.30 bits per heavy atom. The van der Waals surface area contributed by atoms with Gasteiger partial charge in [0, 0.05) is 19.7 Å². The third-order valence-electron chi connectivity index (χ3n) is 5.38. The second-order valence-electron chi connectivity index (χ2n) is 7.90.